The summed E-state index contributed by atoms with van der Waals surface area (Å²) in [6.07, 6.45) is 4.26. The Bertz CT molecular complexity index is 231. The molecule has 0 rings (SSSR count). The molecule has 0 radical (unpaired) electrons. The van der Waals surface area contributed by atoms with Crippen LogP contribution in [0.25, 0.3) is 0 Å². The summed E-state index contributed by atoms with van der Waals surface area (Å²) in [5.41, 5.74) is 0.100. The van der Waals surface area contributed by atoms with Gasteiger partial charge in [0.25, 0.3) is 0 Å². The molecule has 0 spiro atoms. The van der Waals surface area contributed by atoms with Crippen molar-refractivity contribution in [2.24, 2.45) is 5.41 Å². The minimum atomic E-state index is -2.89. The lowest BCUT2D eigenvalue weighted by Gasteiger charge is -2.16. The highest BCUT2D eigenvalue weighted by molar-refractivity contribution is 7.54. The SMILES string of the molecule is CCOP(=O)(C/C=C/C(C)(C)C)OCC. The van der Waals surface area contributed by atoms with Crippen molar-refractivity contribution in [2.75, 3.05) is 19.4 Å². The van der Waals surface area contributed by atoms with Crippen LogP contribution in [0.4, 0.5) is 0 Å². The molecule has 3 nitrogen and oxygen atoms in total. The molecule has 90 valence electrons. The first-order valence-electron chi connectivity index (χ1n) is 5.39. The fourth-order valence-electron chi connectivity index (χ4n) is 1.07. The van der Waals surface area contributed by atoms with Crippen LogP contribution >= 0.6 is 7.60 Å². The van der Waals surface area contributed by atoms with E-state index in [0.717, 1.165) is 0 Å². The Morgan fingerprint density at radius 1 is 1.13 bits per heavy atom. The van der Waals surface area contributed by atoms with Gasteiger partial charge >= 0.3 is 7.60 Å². The van der Waals surface area contributed by atoms with Gasteiger partial charge in [0.15, 0.2) is 0 Å². The summed E-state index contributed by atoms with van der Waals surface area (Å²) in [6.45, 7) is 10.8. The van der Waals surface area contributed by atoms with Gasteiger partial charge in [-0.15, -0.1) is 0 Å². The summed E-state index contributed by atoms with van der Waals surface area (Å²) in [6, 6.07) is 0. The van der Waals surface area contributed by atoms with Crippen molar-refractivity contribution in [3.63, 3.8) is 0 Å². The molecule has 0 atom stereocenters. The van der Waals surface area contributed by atoms with Gasteiger partial charge in [-0.2, -0.15) is 0 Å². The lowest BCUT2D eigenvalue weighted by atomic mass is 9.97. The third kappa shape index (κ3) is 7.78. The highest BCUT2D eigenvalue weighted by Crippen LogP contribution is 2.48. The van der Waals surface area contributed by atoms with Crippen molar-refractivity contribution >= 4 is 7.60 Å². The van der Waals surface area contributed by atoms with Crippen molar-refractivity contribution in [1.29, 1.82) is 0 Å². The highest BCUT2D eigenvalue weighted by atomic mass is 31.2. The zero-order chi connectivity index (χ0) is 11.9. The number of allylic oxidation sites excluding steroid dienone is 2. The number of rotatable bonds is 6. The summed E-state index contributed by atoms with van der Waals surface area (Å²) in [7, 11) is -2.89. The normalized spacial score (nSPS) is 13.7. The van der Waals surface area contributed by atoms with E-state index in [4.69, 9.17) is 9.05 Å². The Labute approximate surface area is 93.4 Å². The van der Waals surface area contributed by atoms with Crippen LogP contribution in [0.15, 0.2) is 12.2 Å². The molecule has 0 unspecified atom stereocenters. The summed E-state index contributed by atoms with van der Waals surface area (Å²) in [5, 5.41) is 0. The van der Waals surface area contributed by atoms with Gasteiger partial charge in [0.2, 0.25) is 0 Å². The predicted octanol–water partition coefficient (Wildman–Crippen LogP) is 3.85. The van der Waals surface area contributed by atoms with Gasteiger partial charge < -0.3 is 9.05 Å². The third-order valence-electron chi connectivity index (χ3n) is 1.60. The lowest BCUT2D eigenvalue weighted by Crippen LogP contribution is -2.01. The van der Waals surface area contributed by atoms with E-state index in [2.05, 4.69) is 20.8 Å². The molecular weight excluding hydrogens is 211 g/mol. The van der Waals surface area contributed by atoms with Gasteiger partial charge in [0.1, 0.15) is 0 Å². The fourth-order valence-corrected chi connectivity index (χ4v) is 2.51. The van der Waals surface area contributed by atoms with E-state index in [-0.39, 0.29) is 5.41 Å². The molecule has 0 heterocycles. The molecular formula is C11H23O3P. The van der Waals surface area contributed by atoms with Gasteiger partial charge in [0, 0.05) is 0 Å². The van der Waals surface area contributed by atoms with Crippen LogP contribution in [0.3, 0.4) is 0 Å². The highest BCUT2D eigenvalue weighted by Gasteiger charge is 2.21. The molecule has 0 fully saturated rings. The van der Waals surface area contributed by atoms with Crippen LogP contribution in [-0.2, 0) is 13.6 Å². The van der Waals surface area contributed by atoms with Gasteiger partial charge in [-0.05, 0) is 19.3 Å². The second-order valence-corrected chi connectivity index (χ2v) is 6.50. The topological polar surface area (TPSA) is 35.5 Å². The summed E-state index contributed by atoms with van der Waals surface area (Å²) in [5.74, 6) is 0. The molecule has 0 aromatic carbocycles. The van der Waals surface area contributed by atoms with Crippen LogP contribution in [0.5, 0.6) is 0 Å². The standard InChI is InChI=1S/C11H23O3P/c1-6-13-15(12,14-7-2)10-8-9-11(3,4)5/h8-9H,6-7,10H2,1-5H3/b9-8+. The smallest absolute Gasteiger partial charge is 0.309 e. The maximum Gasteiger partial charge on any atom is 0.334 e. The minimum Gasteiger partial charge on any atom is -0.309 e. The molecule has 0 saturated heterocycles. The van der Waals surface area contributed by atoms with E-state index in [9.17, 15) is 4.57 Å². The lowest BCUT2D eigenvalue weighted by molar-refractivity contribution is 0.222. The molecule has 0 aliphatic rings. The van der Waals surface area contributed by atoms with E-state index >= 15 is 0 Å². The monoisotopic (exact) mass is 234 g/mol. The van der Waals surface area contributed by atoms with Crippen molar-refractivity contribution in [3.8, 4) is 0 Å². The predicted molar refractivity (Wildman–Crippen MR) is 64.3 cm³/mol. The van der Waals surface area contributed by atoms with E-state index in [1.807, 2.05) is 26.0 Å². The Balaban J connectivity index is 4.30. The molecule has 0 bridgehead atoms. The molecule has 0 saturated carbocycles. The van der Waals surface area contributed by atoms with Crippen molar-refractivity contribution in [1.82, 2.24) is 0 Å². The van der Waals surface area contributed by atoms with Crippen LogP contribution in [-0.4, -0.2) is 19.4 Å². The van der Waals surface area contributed by atoms with Crippen LogP contribution < -0.4 is 0 Å². The molecule has 0 aliphatic carbocycles. The number of hydrogen-bond donors (Lipinski definition) is 0. The third-order valence-corrected chi connectivity index (χ3v) is 3.56. The summed E-state index contributed by atoms with van der Waals surface area (Å²) >= 11 is 0. The fraction of sp³-hybridized carbons (Fsp3) is 0.818. The molecule has 0 N–H and O–H groups in total. The Morgan fingerprint density at radius 2 is 1.60 bits per heavy atom. The van der Waals surface area contributed by atoms with Crippen molar-refractivity contribution in [2.45, 2.75) is 34.6 Å². The van der Waals surface area contributed by atoms with E-state index in [1.54, 1.807) is 0 Å². The Kier molecular flexibility index (Phi) is 6.42. The Morgan fingerprint density at radius 3 is 1.93 bits per heavy atom. The van der Waals surface area contributed by atoms with Crippen LogP contribution in [0, 0.1) is 5.41 Å². The maximum absolute atomic E-state index is 12.0. The molecule has 0 aliphatic heterocycles. The van der Waals surface area contributed by atoms with E-state index in [1.165, 1.54) is 0 Å². The molecule has 0 aromatic rings. The number of hydrogen-bond acceptors (Lipinski definition) is 3. The largest absolute Gasteiger partial charge is 0.334 e. The second kappa shape index (κ2) is 6.47. The van der Waals surface area contributed by atoms with Crippen molar-refractivity contribution < 1.29 is 13.6 Å². The van der Waals surface area contributed by atoms with Gasteiger partial charge in [0.05, 0.1) is 19.4 Å². The van der Waals surface area contributed by atoms with E-state index in [0.29, 0.717) is 19.4 Å². The van der Waals surface area contributed by atoms with E-state index < -0.39 is 7.60 Å². The van der Waals surface area contributed by atoms with Gasteiger partial charge in [-0.3, -0.25) is 4.57 Å². The molecule has 4 heteroatoms. The van der Waals surface area contributed by atoms with Crippen molar-refractivity contribution in [3.05, 3.63) is 12.2 Å². The summed E-state index contributed by atoms with van der Waals surface area (Å²) in [4.78, 5) is 0. The quantitative estimate of drug-likeness (QED) is 0.517. The first-order chi connectivity index (χ1) is 6.83. The Hall–Kier alpha value is -0.110. The zero-order valence-corrected chi connectivity index (χ0v) is 11.3. The molecule has 0 aromatic heterocycles. The van der Waals surface area contributed by atoms with Gasteiger partial charge in [-0.1, -0.05) is 32.9 Å². The van der Waals surface area contributed by atoms with Gasteiger partial charge in [-0.25, -0.2) is 0 Å². The first kappa shape index (κ1) is 14.9. The average molecular weight is 234 g/mol. The summed E-state index contributed by atoms with van der Waals surface area (Å²) < 4.78 is 22.3. The van der Waals surface area contributed by atoms with Crippen LogP contribution in [0.2, 0.25) is 0 Å². The average Bonchev–Trinajstić information content (AvgIpc) is 2.01. The van der Waals surface area contributed by atoms with Crippen LogP contribution in [0.1, 0.15) is 34.6 Å². The zero-order valence-electron chi connectivity index (χ0n) is 10.4. The maximum atomic E-state index is 12.0. The molecule has 0 amide bonds. The minimum absolute atomic E-state index is 0.100. The molecule has 15 heavy (non-hydrogen) atoms. The second-order valence-electron chi connectivity index (χ2n) is 4.40. The first-order valence-corrected chi connectivity index (χ1v) is 7.11.